The van der Waals surface area contributed by atoms with Crippen LogP contribution in [0.4, 0.5) is 17.1 Å². The van der Waals surface area contributed by atoms with E-state index in [4.69, 9.17) is 20.5 Å². The van der Waals surface area contributed by atoms with Gasteiger partial charge in [-0.3, -0.25) is 0 Å². The number of benzene rings is 12. The molecule has 756 valence electrons. The van der Waals surface area contributed by atoms with Crippen LogP contribution in [0.1, 0.15) is 233 Å². The molecule has 12 aromatic carbocycles. The van der Waals surface area contributed by atoms with Crippen molar-refractivity contribution in [3.63, 3.8) is 0 Å². The Morgan fingerprint density at radius 1 is 0.313 bits per heavy atom. The smallest absolute Gasteiger partial charge is 0.119 e. The second-order valence-electron chi connectivity index (χ2n) is 40.4. The maximum absolute atomic E-state index is 8.89. The number of nitrogens with one attached hydrogen (secondary N) is 12. The topological polar surface area (TPSA) is 242 Å². The number of hydrogen-bond acceptors (Lipinski definition) is 12. The first-order valence-corrected chi connectivity index (χ1v) is 57.0. The molecule has 1 saturated heterocycles. The minimum absolute atomic E-state index is 0.357. The first-order chi connectivity index (χ1) is 71.8. The second-order valence-corrected chi connectivity index (χ2v) is 45.9. The molecule has 7 heterocycles. The Morgan fingerprint density at radius 2 is 0.578 bits per heavy atom. The van der Waals surface area contributed by atoms with Gasteiger partial charge in [-0.05, 0) is 377 Å². The van der Waals surface area contributed by atoms with Crippen molar-refractivity contribution in [1.29, 1.82) is 5.26 Å². The summed E-state index contributed by atoms with van der Waals surface area (Å²) in [6.45, 7) is 7.63. The standard InChI is InChI=1S/C23H26BrN3.C21H24BrN3.C20H18BrN3.2C20H21BrN2O.C19H20BrN3/c24-17-8-11-21-20(14-17)19-4-3-5-22(23(19)26-21)25-15-16-6-9-18(10-7-16)27-12-1-2-13-27;1-25(2)16-9-6-14(7-10-16)13-23-20-5-3-4-17-18-12-15(22)8-11-19(18)24-21(17)20;21-15-8-9-18-17(10-15)16-2-1-3-19(20(16)24-18)23-12-14-6-4-13(11-22)5-7-14;1-24-15-5-2-4-13(10-15)12-22-19-7-3-6-16-17-11-14(21)8-9-18(17)23-20(16)19;1-24-15-8-5-13(6-9-15)12-22-19-4-2-3-16-17-11-14(21)7-10-18(17)23-20(16)19;20-13-6-9-17-16(10-13)15-2-1-3-18(19(15)23-17)22-11-12-4-7-14(21)8-5-12/h6-11,14,22,25-26H,1-5,12-13,15H2;6-12,20,23-24H,3-5,13H2,1-2H3;4-10,19,23-24H,1-3,12H2;2,4-5,8-11,19,22-23H,3,6-7,12H2,1H3;5-11,19,22-23H,2-4,12H2,1H3;4-10,18,22-23H,1-3,11,21H2/t22-;20-;3*19-;18-/m111111/s1. The van der Waals surface area contributed by atoms with E-state index in [1.807, 2.05) is 60.7 Å². The van der Waals surface area contributed by atoms with E-state index < -0.39 is 0 Å². The summed E-state index contributed by atoms with van der Waals surface area (Å²) < 4.78 is 17.4. The summed E-state index contributed by atoms with van der Waals surface area (Å²) in [6, 6.07) is 93.9. The summed E-state index contributed by atoms with van der Waals surface area (Å²) in [5.41, 5.74) is 42.1. The van der Waals surface area contributed by atoms with Gasteiger partial charge >= 0.3 is 0 Å². The predicted octanol–water partition coefficient (Wildman–Crippen LogP) is 30.7. The number of methoxy groups -OCH3 is 2. The van der Waals surface area contributed by atoms with Gasteiger partial charge in [0.25, 0.3) is 0 Å². The number of H-pyrrole nitrogens is 6. The van der Waals surface area contributed by atoms with Gasteiger partial charge in [0.1, 0.15) is 11.5 Å². The first-order valence-electron chi connectivity index (χ1n) is 52.2. The number of nitrogens with two attached hydrogens (primary N) is 1. The van der Waals surface area contributed by atoms with E-state index in [1.54, 1.807) is 14.2 Å². The number of nitrogen functional groups attached to an aromatic ring is 1. The normalized spacial score (nSPS) is 17.5. The van der Waals surface area contributed by atoms with Crippen LogP contribution in [0.2, 0.25) is 0 Å². The van der Waals surface area contributed by atoms with E-state index in [1.165, 1.54) is 287 Å². The Balaban J connectivity index is 0.000000107. The van der Waals surface area contributed by atoms with Gasteiger partial charge in [0, 0.05) is 246 Å². The van der Waals surface area contributed by atoms with Crippen molar-refractivity contribution >= 4 is 178 Å². The Morgan fingerprint density at radius 3 is 0.857 bits per heavy atom. The maximum Gasteiger partial charge on any atom is 0.119 e. The molecule has 147 heavy (non-hydrogen) atoms. The van der Waals surface area contributed by atoms with Crippen molar-refractivity contribution in [3.8, 4) is 17.6 Å². The molecule has 18 aromatic rings. The fourth-order valence-corrected chi connectivity index (χ4v) is 25.0. The number of nitrogens with zero attached hydrogens (tertiary/aromatic N) is 3. The van der Waals surface area contributed by atoms with Crippen molar-refractivity contribution in [2.45, 2.75) is 204 Å². The molecule has 0 saturated carbocycles. The van der Waals surface area contributed by atoms with E-state index in [0.29, 0.717) is 41.8 Å². The van der Waals surface area contributed by atoms with Crippen LogP contribution in [-0.2, 0) is 77.8 Å². The molecule has 6 aromatic heterocycles. The summed E-state index contributed by atoms with van der Waals surface area (Å²) in [5.74, 6) is 1.81. The Labute approximate surface area is 913 Å². The number of halogens is 6. The van der Waals surface area contributed by atoms with Gasteiger partial charge in [-0.25, -0.2) is 0 Å². The van der Waals surface area contributed by atoms with Crippen LogP contribution < -0.4 is 56.9 Å². The van der Waals surface area contributed by atoms with Crippen LogP contribution in [0.25, 0.3) is 65.4 Å². The highest BCUT2D eigenvalue weighted by Gasteiger charge is 2.32. The monoisotopic (exact) mass is 2340 g/mol. The van der Waals surface area contributed by atoms with Gasteiger partial charge < -0.3 is 86.8 Å². The van der Waals surface area contributed by atoms with Crippen LogP contribution >= 0.6 is 95.6 Å². The minimum atomic E-state index is 0.357. The summed E-state index contributed by atoms with van der Waals surface area (Å²) in [7, 11) is 7.56. The fourth-order valence-electron chi connectivity index (χ4n) is 22.9. The molecular formula is C123H130Br6N16O2. The third-order valence-electron chi connectivity index (χ3n) is 30.5. The van der Waals surface area contributed by atoms with Gasteiger partial charge in [-0.15, -0.1) is 0 Å². The average molecular weight is 2340 g/mol. The van der Waals surface area contributed by atoms with E-state index in [9.17, 15) is 0 Å². The Kier molecular flexibility index (Phi) is 33.9. The van der Waals surface area contributed by atoms with Crippen LogP contribution in [0.15, 0.2) is 282 Å². The van der Waals surface area contributed by atoms with Crippen LogP contribution in [0.3, 0.4) is 0 Å². The lowest BCUT2D eigenvalue weighted by molar-refractivity contribution is 0.413. The highest BCUT2D eigenvalue weighted by Crippen LogP contribution is 2.44. The summed E-state index contributed by atoms with van der Waals surface area (Å²) in [6.07, 6.45) is 24.1. The molecular weight excluding hydrogens is 2210 g/mol. The van der Waals surface area contributed by atoms with Crippen molar-refractivity contribution in [2.24, 2.45) is 0 Å². The van der Waals surface area contributed by atoms with Crippen LogP contribution in [0.5, 0.6) is 11.5 Å². The van der Waals surface area contributed by atoms with Gasteiger partial charge in [-0.2, -0.15) is 5.26 Å². The van der Waals surface area contributed by atoms with E-state index in [-0.39, 0.29) is 0 Å². The first kappa shape index (κ1) is 103. The zero-order valence-corrected chi connectivity index (χ0v) is 93.5. The van der Waals surface area contributed by atoms with E-state index in [2.05, 4.69) is 381 Å². The van der Waals surface area contributed by atoms with E-state index in [0.717, 1.165) is 115 Å². The van der Waals surface area contributed by atoms with Crippen molar-refractivity contribution < 1.29 is 9.47 Å². The third kappa shape index (κ3) is 24.9. The summed E-state index contributed by atoms with van der Waals surface area (Å²) in [5, 5.41) is 39.4. The van der Waals surface area contributed by atoms with Crippen LogP contribution in [-0.4, -0.2) is 71.3 Å². The van der Waals surface area contributed by atoms with Gasteiger partial charge in [0.15, 0.2) is 0 Å². The lowest BCUT2D eigenvalue weighted by Gasteiger charge is -2.24. The zero-order chi connectivity index (χ0) is 101. The molecule has 7 aliphatic rings. The second kappa shape index (κ2) is 48.3. The number of anilines is 3. The number of fused-ring (bicyclic) bond motifs is 18. The largest absolute Gasteiger partial charge is 0.497 e. The number of aromatic nitrogens is 6. The molecule has 0 amide bonds. The molecule has 0 radical (unpaired) electrons. The number of aromatic amines is 6. The molecule has 24 heteroatoms. The summed E-state index contributed by atoms with van der Waals surface area (Å²) in [4.78, 5) is 26.5. The van der Waals surface area contributed by atoms with Crippen molar-refractivity contribution in [3.05, 3.63) is 388 Å². The molecule has 0 spiro atoms. The molecule has 25 rings (SSSR count). The molecule has 6 atom stereocenters. The van der Waals surface area contributed by atoms with Gasteiger partial charge in [-0.1, -0.05) is 168 Å². The molecule has 18 nitrogen and oxygen atoms in total. The molecule has 1 aliphatic heterocycles. The lowest BCUT2D eigenvalue weighted by atomic mass is 9.91. The highest BCUT2D eigenvalue weighted by atomic mass is 79.9. The minimum Gasteiger partial charge on any atom is -0.497 e. The van der Waals surface area contributed by atoms with Crippen molar-refractivity contribution in [1.82, 2.24) is 61.8 Å². The Hall–Kier alpha value is -11.0. The van der Waals surface area contributed by atoms with Crippen molar-refractivity contribution in [2.75, 3.05) is 56.9 Å². The predicted molar refractivity (Wildman–Crippen MR) is 628 cm³/mol. The number of ether oxygens (including phenoxy) is 2. The fraction of sp³-hybridized carbons (Fsp3) is 0.309. The molecule has 1 fully saturated rings. The SMILES string of the molecule is Brc1ccc2[nH]c3c(c2c1)CCC[C@H]3NCc1ccc(N2CCCC2)cc1.CN(C)c1ccc(CN[C@@H]2CCCc3c2[nH]c2ccc(Br)cc32)cc1.COc1ccc(CN[C@@H]2CCCc3c2[nH]c2ccc(Br)cc32)cc1.COc1cccc(CN[C@@H]2CCCc3c2[nH]c2ccc(Br)cc32)c1.N#Cc1ccc(CN[C@@H]2CCCc3c2[nH]c2ccc(Br)cc32)cc1.Nc1ccc(CN[C@@H]2CCCc3c2[nH]c2ccc(Br)cc32)cc1. The van der Waals surface area contributed by atoms with Gasteiger partial charge in [0.2, 0.25) is 0 Å². The molecule has 0 bridgehead atoms. The summed E-state index contributed by atoms with van der Waals surface area (Å²) >= 11 is 21.6. The van der Waals surface area contributed by atoms with E-state index >= 15 is 0 Å². The number of aryl methyl sites for hydroxylation is 6. The van der Waals surface area contributed by atoms with Gasteiger partial charge in [0.05, 0.1) is 25.9 Å². The lowest BCUT2D eigenvalue weighted by Crippen LogP contribution is -2.25. The average Bonchev–Trinajstić information content (AvgIpc) is 1.65. The number of nitriles is 1. The maximum atomic E-state index is 8.89. The number of rotatable bonds is 22. The molecule has 0 unspecified atom stereocenters. The zero-order valence-electron chi connectivity index (χ0n) is 84.0. The molecule has 6 aliphatic carbocycles. The Bertz CT molecular complexity index is 7620. The highest BCUT2D eigenvalue weighted by molar-refractivity contribution is 9.11. The molecule has 14 N–H and O–H groups in total. The third-order valence-corrected chi connectivity index (χ3v) is 33.5. The number of hydrogen-bond donors (Lipinski definition) is 13. The van der Waals surface area contributed by atoms with Crippen LogP contribution in [0, 0.1) is 11.3 Å². The quantitative estimate of drug-likeness (QED) is 0.0284.